The van der Waals surface area contributed by atoms with Gasteiger partial charge in [-0.3, -0.25) is 9.59 Å². The summed E-state index contributed by atoms with van der Waals surface area (Å²) in [5, 5.41) is 12.2. The third-order valence-electron chi connectivity index (χ3n) is 4.43. The third-order valence-corrected chi connectivity index (χ3v) is 4.43. The van der Waals surface area contributed by atoms with E-state index in [0.717, 1.165) is 5.56 Å². The van der Waals surface area contributed by atoms with Crippen LogP contribution in [0.4, 0.5) is 5.69 Å². The maximum atomic E-state index is 12.6. The third kappa shape index (κ3) is 6.34. The maximum Gasteiger partial charge on any atom is 0.266 e. The number of hydrogen-bond donors (Lipinski definition) is 1. The van der Waals surface area contributed by atoms with E-state index in [0.29, 0.717) is 29.4 Å². The molecule has 2 aromatic rings. The standard InChI is InChI=1S/C24H27N3O4/c1-6-30-22-14-18(11-12-21(22)31-17(3)24(29)27(4)5)13-19(15-25)23(28)26-20-10-8-7-9-16(20)2/h7-14,17H,6H2,1-5H3,(H,26,28)/b19-13+. The summed E-state index contributed by atoms with van der Waals surface area (Å²) in [4.78, 5) is 26.1. The van der Waals surface area contributed by atoms with Crippen molar-refractivity contribution in [1.82, 2.24) is 4.90 Å². The second-order valence-electron chi connectivity index (χ2n) is 7.07. The molecule has 162 valence electrons. The molecule has 0 bridgehead atoms. The topological polar surface area (TPSA) is 91.7 Å². The number of hydrogen-bond acceptors (Lipinski definition) is 5. The van der Waals surface area contributed by atoms with Crippen molar-refractivity contribution in [2.45, 2.75) is 26.9 Å². The number of nitrogens with one attached hydrogen (secondary N) is 1. The van der Waals surface area contributed by atoms with Gasteiger partial charge in [-0.15, -0.1) is 0 Å². The van der Waals surface area contributed by atoms with Crippen LogP contribution in [0, 0.1) is 18.3 Å². The van der Waals surface area contributed by atoms with Gasteiger partial charge in [0.1, 0.15) is 11.6 Å². The summed E-state index contributed by atoms with van der Waals surface area (Å²) in [6.07, 6.45) is 0.791. The molecule has 2 amide bonds. The molecule has 2 rings (SSSR count). The van der Waals surface area contributed by atoms with E-state index in [-0.39, 0.29) is 11.5 Å². The lowest BCUT2D eigenvalue weighted by atomic mass is 10.1. The Bertz CT molecular complexity index is 1020. The van der Waals surface area contributed by atoms with Gasteiger partial charge in [-0.2, -0.15) is 5.26 Å². The first-order valence-electron chi connectivity index (χ1n) is 9.90. The van der Waals surface area contributed by atoms with Gasteiger partial charge in [0.25, 0.3) is 11.8 Å². The minimum absolute atomic E-state index is 0.0458. The summed E-state index contributed by atoms with van der Waals surface area (Å²) in [5.74, 6) is 0.155. The number of rotatable bonds is 8. The summed E-state index contributed by atoms with van der Waals surface area (Å²) in [6, 6.07) is 14.3. The molecular formula is C24H27N3O4. The minimum atomic E-state index is -0.690. The van der Waals surface area contributed by atoms with Gasteiger partial charge in [-0.25, -0.2) is 0 Å². The fourth-order valence-electron chi connectivity index (χ4n) is 2.80. The number of ether oxygens (including phenoxy) is 2. The van der Waals surface area contributed by atoms with E-state index in [2.05, 4.69) is 5.32 Å². The molecule has 0 saturated heterocycles. The van der Waals surface area contributed by atoms with E-state index < -0.39 is 12.0 Å². The normalized spacial score (nSPS) is 11.8. The predicted octanol–water partition coefficient (Wildman–Crippen LogP) is 3.79. The van der Waals surface area contributed by atoms with Gasteiger partial charge < -0.3 is 19.7 Å². The largest absolute Gasteiger partial charge is 0.490 e. The Labute approximate surface area is 182 Å². The van der Waals surface area contributed by atoms with Gasteiger partial charge >= 0.3 is 0 Å². The average Bonchev–Trinajstić information content (AvgIpc) is 2.74. The Morgan fingerprint density at radius 1 is 1.19 bits per heavy atom. The van der Waals surface area contributed by atoms with Crippen LogP contribution in [0.1, 0.15) is 25.0 Å². The number of benzene rings is 2. The van der Waals surface area contributed by atoms with Crippen LogP contribution in [0.3, 0.4) is 0 Å². The van der Waals surface area contributed by atoms with Crippen molar-refractivity contribution in [2.75, 3.05) is 26.0 Å². The monoisotopic (exact) mass is 421 g/mol. The highest BCUT2D eigenvalue weighted by Gasteiger charge is 2.19. The molecule has 7 nitrogen and oxygen atoms in total. The zero-order chi connectivity index (χ0) is 23.0. The molecule has 2 aromatic carbocycles. The van der Waals surface area contributed by atoms with Gasteiger partial charge in [0.05, 0.1) is 6.61 Å². The Morgan fingerprint density at radius 3 is 2.52 bits per heavy atom. The summed E-state index contributed by atoms with van der Waals surface area (Å²) in [7, 11) is 3.32. The van der Waals surface area contributed by atoms with E-state index in [1.807, 2.05) is 38.1 Å². The quantitative estimate of drug-likeness (QED) is 0.517. The van der Waals surface area contributed by atoms with Crippen LogP contribution in [0.15, 0.2) is 48.0 Å². The Kier molecular flexibility index (Phi) is 8.21. The number of carbonyl (C=O) groups is 2. The molecule has 0 heterocycles. The molecule has 7 heteroatoms. The lowest BCUT2D eigenvalue weighted by molar-refractivity contribution is -0.135. The molecule has 0 aromatic heterocycles. The van der Waals surface area contributed by atoms with Crippen molar-refractivity contribution in [2.24, 2.45) is 0 Å². The van der Waals surface area contributed by atoms with Crippen molar-refractivity contribution in [3.63, 3.8) is 0 Å². The summed E-state index contributed by atoms with van der Waals surface area (Å²) < 4.78 is 11.4. The fraction of sp³-hybridized carbons (Fsp3) is 0.292. The number of nitriles is 1. The molecule has 0 aliphatic carbocycles. The highest BCUT2D eigenvalue weighted by Crippen LogP contribution is 2.30. The van der Waals surface area contributed by atoms with Crippen LogP contribution >= 0.6 is 0 Å². The first-order valence-corrected chi connectivity index (χ1v) is 9.90. The summed E-state index contributed by atoms with van der Waals surface area (Å²) >= 11 is 0. The molecular weight excluding hydrogens is 394 g/mol. The summed E-state index contributed by atoms with van der Waals surface area (Å²) in [6.45, 7) is 5.76. The van der Waals surface area contributed by atoms with Gasteiger partial charge in [-0.05, 0) is 56.2 Å². The fourth-order valence-corrected chi connectivity index (χ4v) is 2.80. The van der Waals surface area contributed by atoms with Crippen molar-refractivity contribution < 1.29 is 19.1 Å². The molecule has 0 saturated carbocycles. The number of para-hydroxylation sites is 1. The van der Waals surface area contributed by atoms with Gasteiger partial charge in [0.2, 0.25) is 0 Å². The van der Waals surface area contributed by atoms with Crippen LogP contribution < -0.4 is 14.8 Å². The average molecular weight is 421 g/mol. The van der Waals surface area contributed by atoms with E-state index in [9.17, 15) is 14.9 Å². The van der Waals surface area contributed by atoms with Crippen molar-refractivity contribution in [1.29, 1.82) is 5.26 Å². The Hall–Kier alpha value is -3.79. The lowest BCUT2D eigenvalue weighted by Gasteiger charge is -2.20. The zero-order valence-corrected chi connectivity index (χ0v) is 18.4. The van der Waals surface area contributed by atoms with Crippen LogP contribution in [-0.4, -0.2) is 43.5 Å². The number of carbonyl (C=O) groups excluding carboxylic acids is 2. The van der Waals surface area contributed by atoms with E-state index >= 15 is 0 Å². The molecule has 1 unspecified atom stereocenters. The first kappa shape index (κ1) is 23.5. The van der Waals surface area contributed by atoms with Crippen molar-refractivity contribution >= 4 is 23.6 Å². The number of nitrogens with zero attached hydrogens (tertiary/aromatic N) is 2. The van der Waals surface area contributed by atoms with Gasteiger partial charge in [-0.1, -0.05) is 24.3 Å². The van der Waals surface area contributed by atoms with Gasteiger partial charge in [0, 0.05) is 19.8 Å². The zero-order valence-electron chi connectivity index (χ0n) is 18.4. The highest BCUT2D eigenvalue weighted by molar-refractivity contribution is 6.10. The van der Waals surface area contributed by atoms with E-state index in [1.54, 1.807) is 45.3 Å². The molecule has 0 aliphatic rings. The molecule has 1 atom stereocenters. The molecule has 1 N–H and O–H groups in total. The van der Waals surface area contributed by atoms with Gasteiger partial charge in [0.15, 0.2) is 17.6 Å². The Balaban J connectivity index is 2.28. The number of amides is 2. The smallest absolute Gasteiger partial charge is 0.266 e. The van der Waals surface area contributed by atoms with Crippen LogP contribution in [-0.2, 0) is 9.59 Å². The van der Waals surface area contributed by atoms with E-state index in [1.165, 1.54) is 11.0 Å². The van der Waals surface area contributed by atoms with Crippen LogP contribution in [0.25, 0.3) is 6.08 Å². The molecule has 0 aliphatic heterocycles. The lowest BCUT2D eigenvalue weighted by Crippen LogP contribution is -2.35. The number of anilines is 1. The molecule has 0 spiro atoms. The Morgan fingerprint density at radius 2 is 1.90 bits per heavy atom. The maximum absolute atomic E-state index is 12.6. The second-order valence-corrected chi connectivity index (χ2v) is 7.07. The van der Waals surface area contributed by atoms with E-state index in [4.69, 9.17) is 9.47 Å². The minimum Gasteiger partial charge on any atom is -0.490 e. The number of likely N-dealkylation sites (N-methyl/N-ethyl adjacent to an activating group) is 1. The molecule has 0 radical (unpaired) electrons. The SMILES string of the molecule is CCOc1cc(/C=C(\C#N)C(=O)Nc2ccccc2C)ccc1OC(C)C(=O)N(C)C. The van der Waals surface area contributed by atoms with Crippen molar-refractivity contribution in [3.05, 3.63) is 59.2 Å². The second kappa shape index (κ2) is 10.8. The first-order chi connectivity index (χ1) is 14.8. The summed E-state index contributed by atoms with van der Waals surface area (Å²) in [5.41, 5.74) is 2.09. The van der Waals surface area contributed by atoms with Crippen molar-refractivity contribution in [3.8, 4) is 17.6 Å². The highest BCUT2D eigenvalue weighted by atomic mass is 16.5. The van der Waals surface area contributed by atoms with Crippen LogP contribution in [0.5, 0.6) is 11.5 Å². The molecule has 0 fully saturated rings. The number of aryl methyl sites for hydroxylation is 1. The van der Waals surface area contributed by atoms with Crippen LogP contribution in [0.2, 0.25) is 0 Å². The predicted molar refractivity (Wildman–Crippen MR) is 120 cm³/mol. The molecule has 31 heavy (non-hydrogen) atoms.